The van der Waals surface area contributed by atoms with Crippen molar-refractivity contribution >= 4 is 17.7 Å². The fraction of sp³-hybridized carbons (Fsp3) is 0.462. The van der Waals surface area contributed by atoms with Gasteiger partial charge in [0, 0.05) is 11.6 Å². The Hall–Kier alpha value is -1.26. The lowest BCUT2D eigenvalue weighted by Gasteiger charge is -2.34. The summed E-state index contributed by atoms with van der Waals surface area (Å²) < 4.78 is 5.72. The van der Waals surface area contributed by atoms with Crippen molar-refractivity contribution in [3.05, 3.63) is 34.9 Å². The van der Waals surface area contributed by atoms with E-state index in [2.05, 4.69) is 5.32 Å². The van der Waals surface area contributed by atoms with Crippen molar-refractivity contribution in [2.45, 2.75) is 25.6 Å². The van der Waals surface area contributed by atoms with Crippen molar-refractivity contribution in [2.24, 2.45) is 5.92 Å². The summed E-state index contributed by atoms with van der Waals surface area (Å²) in [6, 6.07) is 7.59. The van der Waals surface area contributed by atoms with E-state index in [1.54, 1.807) is 0 Å². The SMILES string of the molecule is O=C(O)NCC1CC(OCc2ccc(Cl)cc2)C1. The van der Waals surface area contributed by atoms with Gasteiger partial charge in [0.05, 0.1) is 12.7 Å². The molecule has 0 radical (unpaired) electrons. The first kappa shape index (κ1) is 13.2. The molecular formula is C13H16ClNO3. The third-order valence-electron chi connectivity index (χ3n) is 3.13. The summed E-state index contributed by atoms with van der Waals surface area (Å²) in [5, 5.41) is 11.6. The average molecular weight is 270 g/mol. The third kappa shape index (κ3) is 3.89. The van der Waals surface area contributed by atoms with Gasteiger partial charge in [-0.3, -0.25) is 0 Å². The van der Waals surface area contributed by atoms with Gasteiger partial charge in [-0.1, -0.05) is 23.7 Å². The molecule has 1 amide bonds. The first-order valence-corrected chi connectivity index (χ1v) is 6.34. The fourth-order valence-electron chi connectivity index (χ4n) is 2.00. The molecule has 0 spiro atoms. The number of hydrogen-bond donors (Lipinski definition) is 2. The van der Waals surface area contributed by atoms with Gasteiger partial charge < -0.3 is 15.2 Å². The van der Waals surface area contributed by atoms with E-state index >= 15 is 0 Å². The summed E-state index contributed by atoms with van der Waals surface area (Å²) in [5.41, 5.74) is 1.10. The van der Waals surface area contributed by atoms with Gasteiger partial charge in [0.15, 0.2) is 0 Å². The van der Waals surface area contributed by atoms with Crippen LogP contribution in [-0.4, -0.2) is 23.8 Å². The lowest BCUT2D eigenvalue weighted by molar-refractivity contribution is -0.0392. The molecule has 1 saturated carbocycles. The zero-order valence-corrected chi connectivity index (χ0v) is 10.7. The Morgan fingerprint density at radius 2 is 2.06 bits per heavy atom. The number of benzene rings is 1. The standard InChI is InChI=1S/C13H16ClNO3/c14-11-3-1-9(2-4-11)8-18-12-5-10(6-12)7-15-13(16)17/h1-4,10,12,15H,5-8H2,(H,16,17). The highest BCUT2D eigenvalue weighted by Gasteiger charge is 2.29. The Balaban J connectivity index is 1.62. The zero-order valence-electron chi connectivity index (χ0n) is 9.93. The Morgan fingerprint density at radius 1 is 1.39 bits per heavy atom. The maximum Gasteiger partial charge on any atom is 0.404 e. The number of nitrogens with one attached hydrogen (secondary N) is 1. The Morgan fingerprint density at radius 3 is 2.67 bits per heavy atom. The molecule has 1 aromatic carbocycles. The van der Waals surface area contributed by atoms with E-state index in [0.717, 1.165) is 23.4 Å². The number of ether oxygens (including phenoxy) is 1. The fourth-order valence-corrected chi connectivity index (χ4v) is 2.13. The van der Waals surface area contributed by atoms with Crippen LogP contribution in [-0.2, 0) is 11.3 Å². The Labute approximate surface area is 111 Å². The van der Waals surface area contributed by atoms with E-state index < -0.39 is 6.09 Å². The minimum Gasteiger partial charge on any atom is -0.465 e. The van der Waals surface area contributed by atoms with Gasteiger partial charge in [-0.15, -0.1) is 0 Å². The second-order valence-electron chi connectivity index (χ2n) is 4.58. The Bertz CT molecular complexity index is 401. The summed E-state index contributed by atoms with van der Waals surface area (Å²) in [7, 11) is 0. The van der Waals surface area contributed by atoms with Crippen LogP contribution in [0.1, 0.15) is 18.4 Å². The van der Waals surface area contributed by atoms with Crippen molar-refractivity contribution in [2.75, 3.05) is 6.54 Å². The molecule has 98 valence electrons. The smallest absolute Gasteiger partial charge is 0.404 e. The average Bonchev–Trinajstić information content (AvgIpc) is 2.28. The topological polar surface area (TPSA) is 58.6 Å². The van der Waals surface area contributed by atoms with Crippen LogP contribution in [0.2, 0.25) is 5.02 Å². The first-order chi connectivity index (χ1) is 8.63. The van der Waals surface area contributed by atoms with Crippen LogP contribution in [0.4, 0.5) is 4.79 Å². The molecule has 0 atom stereocenters. The molecule has 2 rings (SSSR count). The van der Waals surface area contributed by atoms with Crippen LogP contribution in [0.25, 0.3) is 0 Å². The maximum atomic E-state index is 10.3. The van der Waals surface area contributed by atoms with E-state index in [9.17, 15) is 4.79 Å². The molecule has 0 heterocycles. The highest BCUT2D eigenvalue weighted by molar-refractivity contribution is 6.30. The molecule has 18 heavy (non-hydrogen) atoms. The van der Waals surface area contributed by atoms with Gasteiger partial charge in [0.1, 0.15) is 0 Å². The lowest BCUT2D eigenvalue weighted by atomic mass is 9.82. The molecule has 0 saturated heterocycles. The summed E-state index contributed by atoms with van der Waals surface area (Å²) in [4.78, 5) is 10.3. The quantitative estimate of drug-likeness (QED) is 0.864. The third-order valence-corrected chi connectivity index (χ3v) is 3.39. The van der Waals surface area contributed by atoms with Crippen molar-refractivity contribution in [1.82, 2.24) is 5.32 Å². The van der Waals surface area contributed by atoms with E-state index in [4.69, 9.17) is 21.4 Å². The number of carbonyl (C=O) groups is 1. The molecule has 1 aliphatic carbocycles. The highest BCUT2D eigenvalue weighted by atomic mass is 35.5. The van der Waals surface area contributed by atoms with Gasteiger partial charge >= 0.3 is 6.09 Å². The summed E-state index contributed by atoms with van der Waals surface area (Å²) in [5.74, 6) is 0.413. The molecule has 1 aromatic rings. The molecule has 0 aliphatic heterocycles. The van der Waals surface area contributed by atoms with E-state index in [1.165, 1.54) is 0 Å². The van der Waals surface area contributed by atoms with Gasteiger partial charge in [-0.25, -0.2) is 4.79 Å². The van der Waals surface area contributed by atoms with Crippen molar-refractivity contribution in [3.63, 3.8) is 0 Å². The van der Waals surface area contributed by atoms with Crippen LogP contribution in [0, 0.1) is 5.92 Å². The van der Waals surface area contributed by atoms with Crippen LogP contribution in [0.5, 0.6) is 0 Å². The highest BCUT2D eigenvalue weighted by Crippen LogP contribution is 2.30. The summed E-state index contributed by atoms with van der Waals surface area (Å²) in [6.07, 6.45) is 1.14. The second-order valence-corrected chi connectivity index (χ2v) is 5.02. The summed E-state index contributed by atoms with van der Waals surface area (Å²) in [6.45, 7) is 1.11. The van der Waals surface area contributed by atoms with Crippen LogP contribution in [0.3, 0.4) is 0 Å². The van der Waals surface area contributed by atoms with E-state index in [-0.39, 0.29) is 6.10 Å². The second kappa shape index (κ2) is 6.07. The maximum absolute atomic E-state index is 10.3. The molecule has 0 aromatic heterocycles. The minimum atomic E-state index is -0.958. The van der Waals surface area contributed by atoms with Crippen molar-refractivity contribution in [1.29, 1.82) is 0 Å². The number of rotatable bonds is 5. The monoisotopic (exact) mass is 269 g/mol. The normalized spacial score (nSPS) is 22.3. The van der Waals surface area contributed by atoms with E-state index in [1.807, 2.05) is 24.3 Å². The Kier molecular flexibility index (Phi) is 4.44. The zero-order chi connectivity index (χ0) is 13.0. The molecule has 1 aliphatic rings. The molecule has 0 bridgehead atoms. The van der Waals surface area contributed by atoms with E-state index in [0.29, 0.717) is 19.1 Å². The first-order valence-electron chi connectivity index (χ1n) is 5.96. The van der Waals surface area contributed by atoms with Crippen LogP contribution in [0.15, 0.2) is 24.3 Å². The molecular weight excluding hydrogens is 254 g/mol. The van der Waals surface area contributed by atoms with Gasteiger partial charge in [0.25, 0.3) is 0 Å². The number of amides is 1. The molecule has 2 N–H and O–H groups in total. The predicted molar refractivity (Wildman–Crippen MR) is 68.8 cm³/mol. The lowest BCUT2D eigenvalue weighted by Crippen LogP contribution is -2.39. The number of hydrogen-bond acceptors (Lipinski definition) is 2. The molecule has 1 fully saturated rings. The van der Waals surface area contributed by atoms with Crippen LogP contribution >= 0.6 is 11.6 Å². The largest absolute Gasteiger partial charge is 0.465 e. The molecule has 5 heteroatoms. The van der Waals surface area contributed by atoms with Crippen LogP contribution < -0.4 is 5.32 Å². The van der Waals surface area contributed by atoms with Crippen molar-refractivity contribution in [3.8, 4) is 0 Å². The minimum absolute atomic E-state index is 0.251. The number of halogens is 1. The van der Waals surface area contributed by atoms with Gasteiger partial charge in [-0.05, 0) is 36.5 Å². The summed E-state index contributed by atoms with van der Waals surface area (Å²) >= 11 is 5.80. The number of carboxylic acid groups (broad SMARTS) is 1. The van der Waals surface area contributed by atoms with Gasteiger partial charge in [0.2, 0.25) is 0 Å². The molecule has 0 unspecified atom stereocenters. The molecule has 4 nitrogen and oxygen atoms in total. The van der Waals surface area contributed by atoms with Crippen molar-refractivity contribution < 1.29 is 14.6 Å². The van der Waals surface area contributed by atoms with Gasteiger partial charge in [-0.2, -0.15) is 0 Å². The predicted octanol–water partition coefficient (Wildman–Crippen LogP) is 2.90.